The Morgan fingerprint density at radius 2 is 2.11 bits per heavy atom. The third kappa shape index (κ3) is 6.67. The van der Waals surface area contributed by atoms with Crippen LogP contribution < -0.4 is 15.8 Å². The monoisotopic (exact) mass is 266 g/mol. The highest BCUT2D eigenvalue weighted by Crippen LogP contribution is 2.18. The SMILES string of the molecule is CC(C)(C)OC(=O)Nc1cccc(OCCCN)c1. The molecule has 0 saturated carbocycles. The predicted octanol–water partition coefficient (Wildman–Crippen LogP) is 2.76. The van der Waals surface area contributed by atoms with E-state index in [1.54, 1.807) is 12.1 Å². The Hall–Kier alpha value is -1.75. The summed E-state index contributed by atoms with van der Waals surface area (Å²) in [4.78, 5) is 11.6. The van der Waals surface area contributed by atoms with E-state index in [4.69, 9.17) is 15.2 Å². The van der Waals surface area contributed by atoms with Gasteiger partial charge in [-0.25, -0.2) is 4.79 Å². The molecule has 0 aliphatic rings. The Bertz CT molecular complexity index is 413. The molecule has 1 amide bonds. The van der Waals surface area contributed by atoms with Gasteiger partial charge in [0.2, 0.25) is 0 Å². The van der Waals surface area contributed by atoms with Crippen LogP contribution in [0.3, 0.4) is 0 Å². The number of amides is 1. The zero-order chi connectivity index (χ0) is 14.3. The van der Waals surface area contributed by atoms with Gasteiger partial charge < -0.3 is 15.2 Å². The van der Waals surface area contributed by atoms with Gasteiger partial charge in [-0.2, -0.15) is 0 Å². The average molecular weight is 266 g/mol. The molecular weight excluding hydrogens is 244 g/mol. The molecule has 0 bridgehead atoms. The van der Waals surface area contributed by atoms with Gasteiger partial charge in [-0.3, -0.25) is 5.32 Å². The van der Waals surface area contributed by atoms with Gasteiger partial charge in [-0.05, 0) is 45.9 Å². The minimum absolute atomic E-state index is 0.480. The smallest absolute Gasteiger partial charge is 0.412 e. The first-order valence-corrected chi connectivity index (χ1v) is 6.33. The van der Waals surface area contributed by atoms with Crippen LogP contribution in [0.15, 0.2) is 24.3 Å². The molecule has 0 saturated heterocycles. The van der Waals surface area contributed by atoms with Crippen LogP contribution in [0.2, 0.25) is 0 Å². The number of hydrogen-bond acceptors (Lipinski definition) is 4. The molecule has 0 radical (unpaired) electrons. The van der Waals surface area contributed by atoms with Crippen LogP contribution >= 0.6 is 0 Å². The van der Waals surface area contributed by atoms with E-state index in [0.717, 1.165) is 6.42 Å². The highest BCUT2D eigenvalue weighted by Gasteiger charge is 2.16. The molecule has 1 aromatic carbocycles. The van der Waals surface area contributed by atoms with Gasteiger partial charge in [0.15, 0.2) is 0 Å². The molecule has 1 aromatic rings. The molecule has 3 N–H and O–H groups in total. The fraction of sp³-hybridized carbons (Fsp3) is 0.500. The minimum Gasteiger partial charge on any atom is -0.493 e. The Labute approximate surface area is 114 Å². The molecule has 0 atom stereocenters. The second-order valence-electron chi connectivity index (χ2n) is 5.15. The summed E-state index contributed by atoms with van der Waals surface area (Å²) >= 11 is 0. The van der Waals surface area contributed by atoms with Gasteiger partial charge in [-0.1, -0.05) is 6.07 Å². The van der Waals surface area contributed by atoms with Crippen molar-refractivity contribution in [3.8, 4) is 5.75 Å². The van der Waals surface area contributed by atoms with Crippen molar-refractivity contribution in [2.75, 3.05) is 18.5 Å². The summed E-state index contributed by atoms with van der Waals surface area (Å²) < 4.78 is 10.7. The number of ether oxygens (including phenoxy) is 2. The lowest BCUT2D eigenvalue weighted by atomic mass is 10.2. The fourth-order valence-corrected chi connectivity index (χ4v) is 1.36. The summed E-state index contributed by atoms with van der Waals surface area (Å²) in [6.07, 6.45) is 0.315. The molecule has 5 heteroatoms. The number of hydrogen-bond donors (Lipinski definition) is 2. The number of nitrogens with two attached hydrogens (primary N) is 1. The molecule has 0 aliphatic heterocycles. The van der Waals surface area contributed by atoms with E-state index in [1.807, 2.05) is 32.9 Å². The van der Waals surface area contributed by atoms with Gasteiger partial charge in [-0.15, -0.1) is 0 Å². The molecule has 5 nitrogen and oxygen atoms in total. The van der Waals surface area contributed by atoms with Crippen LogP contribution in [0, 0.1) is 0 Å². The number of carbonyl (C=O) groups is 1. The maximum atomic E-state index is 11.6. The van der Waals surface area contributed by atoms with Crippen LogP contribution in [0.5, 0.6) is 5.75 Å². The number of rotatable bonds is 5. The lowest BCUT2D eigenvalue weighted by Gasteiger charge is -2.19. The molecule has 106 valence electrons. The van der Waals surface area contributed by atoms with Crippen molar-refractivity contribution in [3.63, 3.8) is 0 Å². The number of carbonyl (C=O) groups excluding carboxylic acids is 1. The summed E-state index contributed by atoms with van der Waals surface area (Å²) in [6.45, 7) is 6.61. The standard InChI is InChI=1S/C14H22N2O3/c1-14(2,3)19-13(17)16-11-6-4-7-12(10-11)18-9-5-8-15/h4,6-7,10H,5,8-9,15H2,1-3H3,(H,16,17). The van der Waals surface area contributed by atoms with Crippen molar-refractivity contribution < 1.29 is 14.3 Å². The quantitative estimate of drug-likeness (QED) is 0.804. The normalized spacial score (nSPS) is 10.9. The van der Waals surface area contributed by atoms with E-state index < -0.39 is 11.7 Å². The highest BCUT2D eigenvalue weighted by molar-refractivity contribution is 5.85. The van der Waals surface area contributed by atoms with Crippen molar-refractivity contribution in [2.45, 2.75) is 32.8 Å². The molecule has 0 unspecified atom stereocenters. The second-order valence-corrected chi connectivity index (χ2v) is 5.15. The van der Waals surface area contributed by atoms with Crippen LogP contribution in [-0.2, 0) is 4.74 Å². The largest absolute Gasteiger partial charge is 0.493 e. The van der Waals surface area contributed by atoms with E-state index in [-0.39, 0.29) is 0 Å². The van der Waals surface area contributed by atoms with Gasteiger partial charge in [0.05, 0.1) is 6.61 Å². The first-order chi connectivity index (χ1) is 8.90. The van der Waals surface area contributed by atoms with Gasteiger partial charge in [0.25, 0.3) is 0 Å². The van der Waals surface area contributed by atoms with Crippen molar-refractivity contribution in [3.05, 3.63) is 24.3 Å². The zero-order valence-electron chi connectivity index (χ0n) is 11.7. The van der Waals surface area contributed by atoms with Crippen molar-refractivity contribution in [2.24, 2.45) is 5.73 Å². The van der Waals surface area contributed by atoms with E-state index in [0.29, 0.717) is 24.6 Å². The summed E-state index contributed by atoms with van der Waals surface area (Å²) in [5.41, 5.74) is 5.52. The Balaban J connectivity index is 2.54. The maximum Gasteiger partial charge on any atom is 0.412 e. The zero-order valence-corrected chi connectivity index (χ0v) is 11.7. The Kier molecular flexibility index (Phi) is 5.63. The van der Waals surface area contributed by atoms with E-state index in [1.165, 1.54) is 0 Å². The van der Waals surface area contributed by atoms with E-state index in [2.05, 4.69) is 5.32 Å². The number of anilines is 1. The Morgan fingerprint density at radius 3 is 2.74 bits per heavy atom. The van der Waals surface area contributed by atoms with Crippen LogP contribution in [0.4, 0.5) is 10.5 Å². The molecule has 0 spiro atoms. The fourth-order valence-electron chi connectivity index (χ4n) is 1.36. The predicted molar refractivity (Wildman–Crippen MR) is 75.5 cm³/mol. The number of benzene rings is 1. The molecule has 0 fully saturated rings. The van der Waals surface area contributed by atoms with Crippen LogP contribution in [0.25, 0.3) is 0 Å². The summed E-state index contributed by atoms with van der Waals surface area (Å²) in [6, 6.07) is 7.17. The average Bonchev–Trinajstić information content (AvgIpc) is 2.27. The minimum atomic E-state index is -0.515. The molecule has 0 aromatic heterocycles. The lowest BCUT2D eigenvalue weighted by Crippen LogP contribution is -2.27. The first-order valence-electron chi connectivity index (χ1n) is 6.33. The van der Waals surface area contributed by atoms with Crippen molar-refractivity contribution in [1.82, 2.24) is 0 Å². The first kappa shape index (κ1) is 15.3. The molecule has 0 aliphatic carbocycles. The third-order valence-electron chi connectivity index (χ3n) is 2.10. The van der Waals surface area contributed by atoms with Crippen LogP contribution in [-0.4, -0.2) is 24.8 Å². The van der Waals surface area contributed by atoms with Gasteiger partial charge >= 0.3 is 6.09 Å². The van der Waals surface area contributed by atoms with E-state index >= 15 is 0 Å². The second kappa shape index (κ2) is 6.99. The Morgan fingerprint density at radius 1 is 1.37 bits per heavy atom. The van der Waals surface area contributed by atoms with Crippen molar-refractivity contribution >= 4 is 11.8 Å². The number of nitrogens with one attached hydrogen (secondary N) is 1. The highest BCUT2D eigenvalue weighted by atomic mass is 16.6. The molecular formula is C14H22N2O3. The maximum absolute atomic E-state index is 11.6. The summed E-state index contributed by atoms with van der Waals surface area (Å²) in [5, 5.41) is 2.66. The lowest BCUT2D eigenvalue weighted by molar-refractivity contribution is 0.0636. The van der Waals surface area contributed by atoms with Gasteiger partial charge in [0, 0.05) is 11.8 Å². The summed E-state index contributed by atoms with van der Waals surface area (Å²) in [5.74, 6) is 0.696. The van der Waals surface area contributed by atoms with Gasteiger partial charge in [0.1, 0.15) is 11.4 Å². The third-order valence-corrected chi connectivity index (χ3v) is 2.10. The molecule has 1 rings (SSSR count). The molecule has 19 heavy (non-hydrogen) atoms. The van der Waals surface area contributed by atoms with Crippen molar-refractivity contribution in [1.29, 1.82) is 0 Å². The molecule has 0 heterocycles. The van der Waals surface area contributed by atoms with Crippen LogP contribution in [0.1, 0.15) is 27.2 Å². The summed E-state index contributed by atoms with van der Waals surface area (Å²) in [7, 11) is 0. The topological polar surface area (TPSA) is 73.6 Å². The van der Waals surface area contributed by atoms with E-state index in [9.17, 15) is 4.79 Å².